The maximum absolute atomic E-state index is 12.4. The van der Waals surface area contributed by atoms with Gasteiger partial charge >= 0.3 is 0 Å². The number of benzene rings is 1. The predicted octanol–water partition coefficient (Wildman–Crippen LogP) is 4.84. The summed E-state index contributed by atoms with van der Waals surface area (Å²) in [7, 11) is 0. The lowest BCUT2D eigenvalue weighted by Gasteiger charge is -2.12. The minimum absolute atomic E-state index is 0.329. The van der Waals surface area contributed by atoms with Crippen LogP contribution in [0.25, 0.3) is 0 Å². The van der Waals surface area contributed by atoms with Crippen molar-refractivity contribution in [3.63, 3.8) is 0 Å². The Labute approximate surface area is 141 Å². The van der Waals surface area contributed by atoms with Gasteiger partial charge in [0.2, 0.25) is 0 Å². The molecule has 7 heteroatoms. The highest BCUT2D eigenvalue weighted by molar-refractivity contribution is 9.10. The summed E-state index contributed by atoms with van der Waals surface area (Å²) in [5.74, 6) is 0.187. The van der Waals surface area contributed by atoms with Crippen LogP contribution in [0.5, 0.6) is 0 Å². The van der Waals surface area contributed by atoms with Crippen molar-refractivity contribution < 1.29 is 4.79 Å². The maximum Gasteiger partial charge on any atom is 0.259 e. The van der Waals surface area contributed by atoms with Gasteiger partial charge < -0.3 is 10.6 Å². The van der Waals surface area contributed by atoms with E-state index in [0.717, 1.165) is 4.47 Å². The first-order chi connectivity index (χ1) is 10.0. The van der Waals surface area contributed by atoms with Gasteiger partial charge in [-0.25, -0.2) is 4.98 Å². The lowest BCUT2D eigenvalue weighted by molar-refractivity contribution is 0.102. The average Bonchev–Trinajstić information content (AvgIpc) is 2.43. The van der Waals surface area contributed by atoms with Crippen molar-refractivity contribution in [2.45, 2.75) is 6.92 Å². The lowest BCUT2D eigenvalue weighted by atomic mass is 10.2. The largest absolute Gasteiger partial charge is 0.370 e. The molecule has 0 unspecified atom stereocenters. The second kappa shape index (κ2) is 7.11. The molecule has 0 aliphatic heterocycles. The minimum Gasteiger partial charge on any atom is -0.370 e. The molecule has 0 saturated heterocycles. The SMILES string of the molecule is CCNc1ncccc1C(=O)Nc1c(Cl)cc(Br)cc1Cl. The normalized spacial score (nSPS) is 10.3. The standard InChI is InChI=1S/C14H12BrCl2N3O/c1-2-18-13-9(4-3-5-19-13)14(21)20-12-10(16)6-8(15)7-11(12)17/h3-7H,2H2,1H3,(H,18,19)(H,20,21). The molecule has 1 amide bonds. The van der Waals surface area contributed by atoms with Crippen LogP contribution in [0, 0.1) is 0 Å². The molecule has 2 aromatic rings. The van der Waals surface area contributed by atoms with E-state index in [1.165, 1.54) is 0 Å². The van der Waals surface area contributed by atoms with Crippen LogP contribution in [0.2, 0.25) is 10.0 Å². The molecule has 0 bridgehead atoms. The number of anilines is 2. The summed E-state index contributed by atoms with van der Waals surface area (Å²) in [5, 5.41) is 6.47. The first kappa shape index (κ1) is 16.1. The zero-order chi connectivity index (χ0) is 15.4. The van der Waals surface area contributed by atoms with Gasteiger partial charge in [0.05, 0.1) is 21.3 Å². The van der Waals surface area contributed by atoms with E-state index in [9.17, 15) is 4.79 Å². The van der Waals surface area contributed by atoms with Gasteiger partial charge in [-0.05, 0) is 31.2 Å². The van der Waals surface area contributed by atoms with Crippen molar-refractivity contribution in [1.82, 2.24) is 4.98 Å². The Morgan fingerprint density at radius 1 is 1.33 bits per heavy atom. The van der Waals surface area contributed by atoms with Crippen LogP contribution in [0.15, 0.2) is 34.9 Å². The number of carbonyl (C=O) groups excluding carboxylic acids is 1. The van der Waals surface area contributed by atoms with Gasteiger partial charge in [-0.15, -0.1) is 0 Å². The summed E-state index contributed by atoms with van der Waals surface area (Å²) in [4.78, 5) is 16.5. The van der Waals surface area contributed by atoms with E-state index in [1.807, 2.05) is 6.92 Å². The smallest absolute Gasteiger partial charge is 0.259 e. The number of rotatable bonds is 4. The number of halogens is 3. The van der Waals surface area contributed by atoms with E-state index < -0.39 is 0 Å². The number of pyridine rings is 1. The van der Waals surface area contributed by atoms with Gasteiger partial charge in [0.25, 0.3) is 5.91 Å². The quantitative estimate of drug-likeness (QED) is 0.788. The molecule has 1 aromatic heterocycles. The number of amides is 1. The molecule has 0 spiro atoms. The Morgan fingerprint density at radius 2 is 2.00 bits per heavy atom. The van der Waals surface area contributed by atoms with Crippen molar-refractivity contribution in [3.8, 4) is 0 Å². The summed E-state index contributed by atoms with van der Waals surface area (Å²) < 4.78 is 0.741. The molecule has 1 aromatic carbocycles. The molecule has 0 saturated carbocycles. The second-order valence-electron chi connectivity index (χ2n) is 4.13. The third kappa shape index (κ3) is 3.87. The molecular formula is C14H12BrCl2N3O. The van der Waals surface area contributed by atoms with Crippen LogP contribution in [-0.2, 0) is 0 Å². The van der Waals surface area contributed by atoms with E-state index >= 15 is 0 Å². The molecule has 1 heterocycles. The van der Waals surface area contributed by atoms with Crippen molar-refractivity contribution in [3.05, 3.63) is 50.5 Å². The molecule has 21 heavy (non-hydrogen) atoms. The number of nitrogens with one attached hydrogen (secondary N) is 2. The summed E-state index contributed by atoms with van der Waals surface area (Å²) in [6, 6.07) is 6.70. The monoisotopic (exact) mass is 387 g/mol. The van der Waals surface area contributed by atoms with Crippen LogP contribution in [0.4, 0.5) is 11.5 Å². The fraction of sp³-hybridized carbons (Fsp3) is 0.143. The van der Waals surface area contributed by atoms with Crippen molar-refractivity contribution >= 4 is 56.5 Å². The summed E-state index contributed by atoms with van der Waals surface area (Å²) in [5.41, 5.74) is 0.798. The highest BCUT2D eigenvalue weighted by atomic mass is 79.9. The molecule has 0 aliphatic rings. The molecule has 0 aliphatic carbocycles. The van der Waals surface area contributed by atoms with Gasteiger partial charge in [0.1, 0.15) is 5.82 Å². The Bertz CT molecular complexity index is 656. The zero-order valence-corrected chi connectivity index (χ0v) is 14.2. The Morgan fingerprint density at radius 3 is 2.62 bits per heavy atom. The molecule has 2 N–H and O–H groups in total. The van der Waals surface area contributed by atoms with E-state index in [0.29, 0.717) is 33.7 Å². The van der Waals surface area contributed by atoms with Gasteiger partial charge in [0.15, 0.2) is 0 Å². The highest BCUT2D eigenvalue weighted by Crippen LogP contribution is 2.34. The van der Waals surface area contributed by atoms with Crippen molar-refractivity contribution in [1.29, 1.82) is 0 Å². The molecule has 2 rings (SSSR count). The van der Waals surface area contributed by atoms with E-state index in [4.69, 9.17) is 23.2 Å². The average molecular weight is 389 g/mol. The van der Waals surface area contributed by atoms with Crippen LogP contribution in [0.1, 0.15) is 17.3 Å². The van der Waals surface area contributed by atoms with Gasteiger partial charge in [-0.2, -0.15) is 0 Å². The van der Waals surface area contributed by atoms with E-state index in [1.54, 1.807) is 30.5 Å². The van der Waals surface area contributed by atoms with Crippen LogP contribution < -0.4 is 10.6 Å². The van der Waals surface area contributed by atoms with Crippen LogP contribution >= 0.6 is 39.1 Å². The van der Waals surface area contributed by atoms with Gasteiger partial charge in [-0.3, -0.25) is 4.79 Å². The fourth-order valence-electron chi connectivity index (χ4n) is 1.74. The number of hydrogen-bond acceptors (Lipinski definition) is 3. The Hall–Kier alpha value is -1.30. The minimum atomic E-state index is -0.329. The topological polar surface area (TPSA) is 54.0 Å². The summed E-state index contributed by atoms with van der Waals surface area (Å²) in [6.07, 6.45) is 1.62. The summed E-state index contributed by atoms with van der Waals surface area (Å²) in [6.45, 7) is 2.59. The molecule has 0 atom stereocenters. The van der Waals surface area contributed by atoms with Gasteiger partial charge in [-0.1, -0.05) is 39.1 Å². The molecule has 4 nitrogen and oxygen atoms in total. The highest BCUT2D eigenvalue weighted by Gasteiger charge is 2.15. The molecular weight excluding hydrogens is 377 g/mol. The van der Waals surface area contributed by atoms with Crippen LogP contribution in [-0.4, -0.2) is 17.4 Å². The number of hydrogen-bond donors (Lipinski definition) is 2. The predicted molar refractivity (Wildman–Crippen MR) is 90.5 cm³/mol. The third-order valence-electron chi connectivity index (χ3n) is 2.64. The number of carbonyl (C=O) groups is 1. The molecule has 0 fully saturated rings. The Kier molecular flexibility index (Phi) is 5.45. The third-order valence-corrected chi connectivity index (χ3v) is 3.70. The Balaban J connectivity index is 2.31. The first-order valence-corrected chi connectivity index (χ1v) is 7.72. The second-order valence-corrected chi connectivity index (χ2v) is 5.86. The summed E-state index contributed by atoms with van der Waals surface area (Å²) >= 11 is 15.5. The molecule has 0 radical (unpaired) electrons. The van der Waals surface area contributed by atoms with Crippen LogP contribution in [0.3, 0.4) is 0 Å². The number of aromatic nitrogens is 1. The van der Waals surface area contributed by atoms with Gasteiger partial charge in [0, 0.05) is 17.2 Å². The fourth-order valence-corrected chi connectivity index (χ4v) is 3.04. The van der Waals surface area contributed by atoms with Crippen molar-refractivity contribution in [2.75, 3.05) is 17.2 Å². The lowest BCUT2D eigenvalue weighted by Crippen LogP contribution is -2.16. The first-order valence-electron chi connectivity index (χ1n) is 6.17. The van der Waals surface area contributed by atoms with Crippen molar-refractivity contribution in [2.24, 2.45) is 0 Å². The number of nitrogens with zero attached hydrogens (tertiary/aromatic N) is 1. The zero-order valence-electron chi connectivity index (χ0n) is 11.1. The van der Waals surface area contributed by atoms with E-state index in [2.05, 4.69) is 31.5 Å². The van der Waals surface area contributed by atoms with E-state index in [-0.39, 0.29) is 5.91 Å². The maximum atomic E-state index is 12.4. The molecule has 110 valence electrons.